The first-order valence-corrected chi connectivity index (χ1v) is 7.62. The third kappa shape index (κ3) is 3.60. The zero-order valence-electron chi connectivity index (χ0n) is 10.3. The number of hydrogen-bond acceptors (Lipinski definition) is 4. The molecule has 0 fully saturated rings. The topological polar surface area (TPSA) is 37.8 Å². The Morgan fingerprint density at radius 1 is 1.39 bits per heavy atom. The largest absolute Gasteiger partial charge is 0.309 e. The fourth-order valence-corrected chi connectivity index (χ4v) is 2.83. The van der Waals surface area contributed by atoms with Gasteiger partial charge in [0.25, 0.3) is 0 Å². The Balaban J connectivity index is 2.13. The van der Waals surface area contributed by atoms with Gasteiger partial charge in [0.1, 0.15) is 0 Å². The zero-order chi connectivity index (χ0) is 12.8. The Morgan fingerprint density at radius 3 is 2.89 bits per heavy atom. The summed E-state index contributed by atoms with van der Waals surface area (Å²) in [5.41, 5.74) is 1.31. The van der Waals surface area contributed by atoms with Crippen molar-refractivity contribution in [2.75, 3.05) is 6.54 Å². The SMILES string of the molecule is CCCNC(Cc1ccccc1Br)c1cnns1. The first-order valence-electron chi connectivity index (χ1n) is 6.05. The van der Waals surface area contributed by atoms with Gasteiger partial charge in [-0.2, -0.15) is 0 Å². The van der Waals surface area contributed by atoms with Crippen LogP contribution in [0, 0.1) is 0 Å². The fraction of sp³-hybridized carbons (Fsp3) is 0.385. The molecule has 0 aliphatic carbocycles. The molecule has 96 valence electrons. The summed E-state index contributed by atoms with van der Waals surface area (Å²) in [6.45, 7) is 3.18. The summed E-state index contributed by atoms with van der Waals surface area (Å²) in [6, 6.07) is 8.64. The second-order valence-corrected chi connectivity index (χ2v) is 5.79. The third-order valence-corrected chi connectivity index (χ3v) is 4.29. The highest BCUT2D eigenvalue weighted by atomic mass is 79.9. The first-order chi connectivity index (χ1) is 8.81. The molecule has 1 aromatic carbocycles. The van der Waals surface area contributed by atoms with Crippen LogP contribution in [0.1, 0.15) is 29.8 Å². The molecule has 0 aliphatic heterocycles. The van der Waals surface area contributed by atoms with Gasteiger partial charge in [-0.1, -0.05) is 45.5 Å². The number of benzene rings is 1. The molecule has 1 N–H and O–H groups in total. The number of halogens is 1. The third-order valence-electron chi connectivity index (χ3n) is 2.74. The fourth-order valence-electron chi connectivity index (χ4n) is 1.80. The zero-order valence-corrected chi connectivity index (χ0v) is 12.7. The molecule has 2 aromatic rings. The number of nitrogens with zero attached hydrogens (tertiary/aromatic N) is 2. The lowest BCUT2D eigenvalue weighted by Crippen LogP contribution is -2.23. The van der Waals surface area contributed by atoms with Gasteiger partial charge in [0.15, 0.2) is 0 Å². The minimum Gasteiger partial charge on any atom is -0.309 e. The van der Waals surface area contributed by atoms with Gasteiger partial charge in [-0.15, -0.1) is 5.10 Å². The monoisotopic (exact) mass is 325 g/mol. The van der Waals surface area contributed by atoms with Gasteiger partial charge in [-0.25, -0.2) is 0 Å². The molecule has 0 saturated heterocycles. The molecule has 1 unspecified atom stereocenters. The number of hydrogen-bond donors (Lipinski definition) is 1. The lowest BCUT2D eigenvalue weighted by molar-refractivity contribution is 0.535. The second kappa shape index (κ2) is 6.97. The van der Waals surface area contributed by atoms with Crippen molar-refractivity contribution in [3.05, 3.63) is 45.4 Å². The summed E-state index contributed by atoms with van der Waals surface area (Å²) >= 11 is 5.07. The average Bonchev–Trinajstić information content (AvgIpc) is 2.90. The van der Waals surface area contributed by atoms with E-state index in [0.717, 1.165) is 23.9 Å². The van der Waals surface area contributed by atoms with Crippen LogP contribution in [-0.4, -0.2) is 16.1 Å². The molecule has 1 atom stereocenters. The number of nitrogens with one attached hydrogen (secondary N) is 1. The van der Waals surface area contributed by atoms with E-state index < -0.39 is 0 Å². The molecule has 3 nitrogen and oxygen atoms in total. The average molecular weight is 326 g/mol. The summed E-state index contributed by atoms with van der Waals surface area (Å²) < 4.78 is 5.11. The van der Waals surface area contributed by atoms with Gasteiger partial charge < -0.3 is 5.32 Å². The van der Waals surface area contributed by atoms with Crippen molar-refractivity contribution in [2.24, 2.45) is 0 Å². The highest BCUT2D eigenvalue weighted by molar-refractivity contribution is 9.10. The van der Waals surface area contributed by atoms with Crippen LogP contribution in [0.4, 0.5) is 0 Å². The summed E-state index contributed by atoms with van der Waals surface area (Å²) in [6.07, 6.45) is 3.93. The van der Waals surface area contributed by atoms with E-state index >= 15 is 0 Å². The standard InChI is InChI=1S/C13H16BrN3S/c1-2-7-15-12(13-9-16-17-18-13)8-10-5-3-4-6-11(10)14/h3-6,9,12,15H,2,7-8H2,1H3. The Morgan fingerprint density at radius 2 is 2.22 bits per heavy atom. The second-order valence-electron chi connectivity index (χ2n) is 4.12. The Hall–Kier alpha value is -0.780. The number of rotatable bonds is 6. The van der Waals surface area contributed by atoms with E-state index in [4.69, 9.17) is 0 Å². The molecule has 0 bridgehead atoms. The van der Waals surface area contributed by atoms with Crippen molar-refractivity contribution in [3.63, 3.8) is 0 Å². The van der Waals surface area contributed by atoms with Crippen molar-refractivity contribution < 1.29 is 0 Å². The maximum Gasteiger partial charge on any atom is 0.0669 e. The van der Waals surface area contributed by atoms with Crippen LogP contribution in [0.3, 0.4) is 0 Å². The van der Waals surface area contributed by atoms with Crippen LogP contribution < -0.4 is 5.32 Å². The van der Waals surface area contributed by atoms with Gasteiger partial charge >= 0.3 is 0 Å². The van der Waals surface area contributed by atoms with Crippen molar-refractivity contribution in [1.29, 1.82) is 0 Å². The predicted molar refractivity (Wildman–Crippen MR) is 78.8 cm³/mol. The molecule has 0 aliphatic rings. The Labute approximate surface area is 120 Å². The quantitative estimate of drug-likeness (QED) is 0.882. The minimum absolute atomic E-state index is 0.295. The number of aromatic nitrogens is 2. The van der Waals surface area contributed by atoms with Crippen LogP contribution in [0.5, 0.6) is 0 Å². The molecular formula is C13H16BrN3S. The minimum atomic E-state index is 0.295. The van der Waals surface area contributed by atoms with Crippen molar-refractivity contribution >= 4 is 27.5 Å². The summed E-state index contributed by atoms with van der Waals surface area (Å²) in [5, 5.41) is 7.49. The molecule has 1 heterocycles. The highest BCUT2D eigenvalue weighted by Gasteiger charge is 2.15. The maximum atomic E-state index is 3.96. The van der Waals surface area contributed by atoms with E-state index in [1.807, 2.05) is 12.3 Å². The van der Waals surface area contributed by atoms with Crippen LogP contribution in [0.15, 0.2) is 34.9 Å². The lowest BCUT2D eigenvalue weighted by Gasteiger charge is -2.17. The van der Waals surface area contributed by atoms with Crippen LogP contribution in [0.25, 0.3) is 0 Å². The van der Waals surface area contributed by atoms with E-state index in [9.17, 15) is 0 Å². The maximum absolute atomic E-state index is 3.96. The first kappa shape index (κ1) is 13.6. The van der Waals surface area contributed by atoms with Gasteiger partial charge in [-0.3, -0.25) is 0 Å². The Kier molecular flexibility index (Phi) is 5.28. The summed E-state index contributed by atoms with van der Waals surface area (Å²) in [7, 11) is 0. The molecular weight excluding hydrogens is 310 g/mol. The molecule has 0 amide bonds. The van der Waals surface area contributed by atoms with Crippen molar-refractivity contribution in [1.82, 2.24) is 14.9 Å². The van der Waals surface area contributed by atoms with Gasteiger partial charge in [0.05, 0.1) is 11.1 Å². The smallest absolute Gasteiger partial charge is 0.0669 e. The Bertz CT molecular complexity index is 473. The van der Waals surface area contributed by atoms with E-state index in [-0.39, 0.29) is 0 Å². The molecule has 0 spiro atoms. The summed E-state index contributed by atoms with van der Waals surface area (Å²) in [4.78, 5) is 1.19. The molecule has 2 rings (SSSR count). The van der Waals surface area contributed by atoms with Crippen LogP contribution in [-0.2, 0) is 6.42 Å². The van der Waals surface area contributed by atoms with Crippen LogP contribution in [0.2, 0.25) is 0 Å². The normalized spacial score (nSPS) is 12.6. The van der Waals surface area contributed by atoms with Gasteiger partial charge in [0, 0.05) is 10.5 Å². The van der Waals surface area contributed by atoms with E-state index in [2.05, 4.69) is 56.0 Å². The lowest BCUT2D eigenvalue weighted by atomic mass is 10.1. The van der Waals surface area contributed by atoms with E-state index in [1.54, 1.807) is 0 Å². The van der Waals surface area contributed by atoms with Crippen molar-refractivity contribution in [3.8, 4) is 0 Å². The molecule has 1 aromatic heterocycles. The molecule has 18 heavy (non-hydrogen) atoms. The van der Waals surface area contributed by atoms with Gasteiger partial charge in [-0.05, 0) is 42.5 Å². The molecule has 0 saturated carbocycles. The predicted octanol–water partition coefficient (Wildman–Crippen LogP) is 3.58. The van der Waals surface area contributed by atoms with Gasteiger partial charge in [0.2, 0.25) is 0 Å². The van der Waals surface area contributed by atoms with E-state index in [0.29, 0.717) is 6.04 Å². The summed E-state index contributed by atoms with van der Waals surface area (Å²) in [5.74, 6) is 0. The van der Waals surface area contributed by atoms with E-state index in [1.165, 1.54) is 22.0 Å². The highest BCUT2D eigenvalue weighted by Crippen LogP contribution is 2.24. The molecule has 0 radical (unpaired) electrons. The van der Waals surface area contributed by atoms with Crippen molar-refractivity contribution in [2.45, 2.75) is 25.8 Å². The molecule has 5 heteroatoms. The van der Waals surface area contributed by atoms with Crippen LogP contribution >= 0.6 is 27.5 Å².